The van der Waals surface area contributed by atoms with Crippen molar-refractivity contribution in [2.24, 2.45) is 0 Å². The fourth-order valence-corrected chi connectivity index (χ4v) is 4.09. The topological polar surface area (TPSA) is 149 Å². The number of nitrogens with one attached hydrogen (secondary N) is 1. The van der Waals surface area contributed by atoms with Crippen molar-refractivity contribution in [1.82, 2.24) is 19.1 Å². The number of pyridine rings is 2. The summed E-state index contributed by atoms with van der Waals surface area (Å²) < 4.78 is 8.35. The van der Waals surface area contributed by atoms with Crippen molar-refractivity contribution < 1.29 is 9.21 Å². The second kappa shape index (κ2) is 10.1. The number of nitrogens with zero attached hydrogens (tertiary/aromatic N) is 4. The van der Waals surface area contributed by atoms with Gasteiger partial charge in [-0.1, -0.05) is 13.3 Å². The number of aryl methyl sites for hydroxylation is 2. The number of amides is 1. The zero-order valence-electron chi connectivity index (χ0n) is 20.4. The van der Waals surface area contributed by atoms with Gasteiger partial charge < -0.3 is 14.7 Å². The Kier molecular flexibility index (Phi) is 6.91. The normalized spacial score (nSPS) is 11.2. The van der Waals surface area contributed by atoms with Gasteiger partial charge >= 0.3 is 5.69 Å². The summed E-state index contributed by atoms with van der Waals surface area (Å²) in [4.78, 5) is 60.6. The third-order valence-corrected chi connectivity index (χ3v) is 5.99. The molecule has 0 fully saturated rings. The largest absolute Gasteiger partial charge is 0.467 e. The highest BCUT2D eigenvalue weighted by Gasteiger charge is 2.29. The van der Waals surface area contributed by atoms with Gasteiger partial charge in [0, 0.05) is 25.0 Å². The molecule has 4 heterocycles. The van der Waals surface area contributed by atoms with E-state index in [9.17, 15) is 19.2 Å². The Balaban J connectivity index is 1.94. The molecular formula is C25H28N6O5. The third-order valence-electron chi connectivity index (χ3n) is 5.99. The quantitative estimate of drug-likeness (QED) is 0.383. The van der Waals surface area contributed by atoms with Crippen molar-refractivity contribution in [1.29, 1.82) is 0 Å². The molecular weight excluding hydrogens is 464 g/mol. The highest BCUT2D eigenvalue weighted by atomic mass is 16.3. The summed E-state index contributed by atoms with van der Waals surface area (Å²) >= 11 is 0. The maximum atomic E-state index is 13.9. The van der Waals surface area contributed by atoms with E-state index in [2.05, 4.69) is 9.97 Å². The van der Waals surface area contributed by atoms with Gasteiger partial charge in [-0.25, -0.2) is 9.78 Å². The molecule has 188 valence electrons. The molecule has 4 aromatic rings. The van der Waals surface area contributed by atoms with Crippen LogP contribution in [0.15, 0.2) is 55.5 Å². The number of furan rings is 1. The number of rotatable bonds is 8. The monoisotopic (exact) mass is 492 g/mol. The van der Waals surface area contributed by atoms with E-state index in [1.54, 1.807) is 28.8 Å². The number of nitrogen functional groups attached to an aromatic ring is 1. The number of fused-ring (bicyclic) bond motifs is 1. The number of hydrogen-bond acceptors (Lipinski definition) is 7. The molecule has 3 N–H and O–H groups in total. The molecule has 0 radical (unpaired) electrons. The molecule has 1 amide bonds. The Hall–Kier alpha value is -4.41. The predicted octanol–water partition coefficient (Wildman–Crippen LogP) is 2.40. The molecule has 0 saturated carbocycles. The summed E-state index contributed by atoms with van der Waals surface area (Å²) in [6.07, 6.45) is 4.30. The van der Waals surface area contributed by atoms with Gasteiger partial charge in [0.25, 0.3) is 11.5 Å². The van der Waals surface area contributed by atoms with Crippen LogP contribution in [0, 0.1) is 6.92 Å². The molecule has 0 unspecified atom stereocenters. The van der Waals surface area contributed by atoms with Gasteiger partial charge in [-0.05, 0) is 44.5 Å². The van der Waals surface area contributed by atoms with Crippen LogP contribution in [0.25, 0.3) is 11.0 Å². The Labute approximate surface area is 205 Å². The molecule has 0 aromatic carbocycles. The summed E-state index contributed by atoms with van der Waals surface area (Å²) in [7, 11) is 0. The van der Waals surface area contributed by atoms with E-state index in [0.717, 1.165) is 17.0 Å². The van der Waals surface area contributed by atoms with Gasteiger partial charge in [-0.2, -0.15) is 0 Å². The summed E-state index contributed by atoms with van der Waals surface area (Å²) in [6, 6.07) is 6.61. The Morgan fingerprint density at radius 1 is 1.19 bits per heavy atom. The first kappa shape index (κ1) is 24.7. The maximum Gasteiger partial charge on any atom is 0.330 e. The Morgan fingerprint density at radius 2 is 1.97 bits per heavy atom. The SMILES string of the molecule is CCCCn1c(N)c(N(Cc2ccco2)C(=O)c2cn(CC)c3nc(C)ccc3c2=O)c(=O)[nH]c1=O. The standard InChI is InChI=1S/C25H28N6O5/c1-4-6-11-30-21(26)19(23(33)28-25(30)35)31(13-16-8-7-12-36-16)24(34)18-14-29(5-2)22-17(20(18)32)10-9-15(3)27-22/h7-10,12,14H,4-6,11,13,26H2,1-3H3,(H,28,33,35). The maximum absolute atomic E-state index is 13.9. The smallest absolute Gasteiger partial charge is 0.330 e. The molecule has 0 bridgehead atoms. The van der Waals surface area contributed by atoms with Gasteiger partial charge in [-0.3, -0.25) is 28.8 Å². The first-order valence-electron chi connectivity index (χ1n) is 11.7. The van der Waals surface area contributed by atoms with E-state index in [-0.39, 0.29) is 35.5 Å². The lowest BCUT2D eigenvalue weighted by Gasteiger charge is -2.24. The van der Waals surface area contributed by atoms with Gasteiger partial charge in [0.15, 0.2) is 5.69 Å². The minimum Gasteiger partial charge on any atom is -0.467 e. The highest BCUT2D eigenvalue weighted by Crippen LogP contribution is 2.23. The van der Waals surface area contributed by atoms with Gasteiger partial charge in [0.05, 0.1) is 18.2 Å². The first-order chi connectivity index (χ1) is 17.3. The molecule has 11 nitrogen and oxygen atoms in total. The van der Waals surface area contributed by atoms with Crippen LogP contribution in [0.5, 0.6) is 0 Å². The molecule has 4 aromatic heterocycles. The van der Waals surface area contributed by atoms with E-state index in [4.69, 9.17) is 10.2 Å². The van der Waals surface area contributed by atoms with Crippen LogP contribution in [0.4, 0.5) is 11.5 Å². The molecule has 11 heteroatoms. The van der Waals surface area contributed by atoms with E-state index < -0.39 is 22.6 Å². The number of aromatic amines is 1. The number of carbonyl (C=O) groups is 1. The van der Waals surface area contributed by atoms with Crippen LogP contribution >= 0.6 is 0 Å². The van der Waals surface area contributed by atoms with Crippen molar-refractivity contribution in [3.63, 3.8) is 0 Å². The van der Waals surface area contributed by atoms with Crippen molar-refractivity contribution in [2.45, 2.75) is 53.2 Å². The van der Waals surface area contributed by atoms with Crippen molar-refractivity contribution >= 4 is 28.4 Å². The van der Waals surface area contributed by atoms with Crippen molar-refractivity contribution in [2.75, 3.05) is 10.6 Å². The Morgan fingerprint density at radius 3 is 2.64 bits per heavy atom. The summed E-state index contributed by atoms with van der Waals surface area (Å²) in [5, 5.41) is 0.279. The van der Waals surface area contributed by atoms with E-state index in [1.807, 2.05) is 20.8 Å². The zero-order valence-corrected chi connectivity index (χ0v) is 20.4. The number of nitrogens with two attached hydrogens (primary N) is 1. The molecule has 0 aliphatic carbocycles. The fourth-order valence-electron chi connectivity index (χ4n) is 4.09. The summed E-state index contributed by atoms with van der Waals surface area (Å²) in [5.41, 5.74) is 5.08. The minimum atomic E-state index is -0.834. The van der Waals surface area contributed by atoms with Crippen molar-refractivity contribution in [3.05, 3.63) is 84.8 Å². The van der Waals surface area contributed by atoms with Crippen LogP contribution in [-0.2, 0) is 19.6 Å². The molecule has 0 atom stereocenters. The number of H-pyrrole nitrogens is 1. The number of anilines is 2. The number of unbranched alkanes of at least 4 members (excludes halogenated alkanes) is 1. The van der Waals surface area contributed by atoms with E-state index in [0.29, 0.717) is 24.4 Å². The first-order valence-corrected chi connectivity index (χ1v) is 11.7. The second-order valence-electron chi connectivity index (χ2n) is 8.45. The van der Waals surface area contributed by atoms with Crippen molar-refractivity contribution in [3.8, 4) is 0 Å². The van der Waals surface area contributed by atoms with Crippen LogP contribution in [0.3, 0.4) is 0 Å². The molecule has 36 heavy (non-hydrogen) atoms. The summed E-state index contributed by atoms with van der Waals surface area (Å²) in [6.45, 7) is 6.18. The zero-order chi connectivity index (χ0) is 26.0. The lowest BCUT2D eigenvalue weighted by atomic mass is 10.1. The molecule has 0 aliphatic rings. The van der Waals surface area contributed by atoms with Gasteiger partial charge in [-0.15, -0.1) is 0 Å². The van der Waals surface area contributed by atoms with Gasteiger partial charge in [0.2, 0.25) is 5.43 Å². The average molecular weight is 493 g/mol. The van der Waals surface area contributed by atoms with E-state index >= 15 is 0 Å². The fraction of sp³-hybridized carbons (Fsp3) is 0.320. The summed E-state index contributed by atoms with van der Waals surface area (Å²) in [5.74, 6) is -0.549. The highest BCUT2D eigenvalue weighted by molar-refractivity contribution is 6.08. The second-order valence-corrected chi connectivity index (χ2v) is 8.45. The van der Waals surface area contributed by atoms with Crippen LogP contribution < -0.4 is 27.3 Å². The third kappa shape index (κ3) is 4.47. The lowest BCUT2D eigenvalue weighted by Crippen LogP contribution is -2.42. The molecule has 0 aliphatic heterocycles. The number of hydrogen-bond donors (Lipinski definition) is 2. The molecule has 4 rings (SSSR count). The van der Waals surface area contributed by atoms with Gasteiger partial charge in [0.1, 0.15) is 22.8 Å². The predicted molar refractivity (Wildman–Crippen MR) is 136 cm³/mol. The number of aromatic nitrogens is 4. The van der Waals surface area contributed by atoms with Crippen LogP contribution in [0.1, 0.15) is 48.5 Å². The Bertz CT molecular complexity index is 1600. The molecule has 0 spiro atoms. The van der Waals surface area contributed by atoms with Crippen LogP contribution in [-0.4, -0.2) is 25.0 Å². The number of carbonyl (C=O) groups excluding carboxylic acids is 1. The van der Waals surface area contributed by atoms with Crippen LogP contribution in [0.2, 0.25) is 0 Å². The van der Waals surface area contributed by atoms with E-state index in [1.165, 1.54) is 17.0 Å². The lowest BCUT2D eigenvalue weighted by molar-refractivity contribution is 0.0981. The molecule has 0 saturated heterocycles. The minimum absolute atomic E-state index is 0.160. The average Bonchev–Trinajstić information content (AvgIpc) is 3.36.